The molecule has 0 atom stereocenters. The van der Waals surface area contributed by atoms with E-state index in [1.165, 1.54) is 30.2 Å². The van der Waals surface area contributed by atoms with Crippen LogP contribution in [0.1, 0.15) is 5.56 Å². The molecule has 0 spiro atoms. The molecule has 10 heteroatoms. The first-order valence-electron chi connectivity index (χ1n) is 9.57. The Bertz CT molecular complexity index is 1040. The fourth-order valence-electron chi connectivity index (χ4n) is 3.61. The maximum Gasteiger partial charge on any atom is 0.315 e. The number of rotatable bonds is 3. The zero-order chi connectivity index (χ0) is 22.1. The minimum Gasteiger partial charge on any atom is -0.491 e. The van der Waals surface area contributed by atoms with Gasteiger partial charge < -0.3 is 24.6 Å². The van der Waals surface area contributed by atoms with E-state index in [1.807, 2.05) is 0 Å². The van der Waals surface area contributed by atoms with Crippen LogP contribution in [0.2, 0.25) is 0 Å². The summed E-state index contributed by atoms with van der Waals surface area (Å²) >= 11 is 0. The van der Waals surface area contributed by atoms with Crippen molar-refractivity contribution in [3.63, 3.8) is 0 Å². The van der Waals surface area contributed by atoms with Crippen LogP contribution in [0.25, 0.3) is 0 Å². The molecule has 1 saturated heterocycles. The Kier molecular flexibility index (Phi) is 5.45. The number of nitrogens with one attached hydrogen (secondary N) is 1. The second-order valence-electron chi connectivity index (χ2n) is 7.15. The van der Waals surface area contributed by atoms with Crippen LogP contribution in [-0.4, -0.2) is 56.0 Å². The number of esters is 1. The van der Waals surface area contributed by atoms with E-state index in [2.05, 4.69) is 10.1 Å². The number of hydrogen-bond donors (Lipinski definition) is 1. The first-order valence-corrected chi connectivity index (χ1v) is 9.57. The fraction of sp³-hybridized carbons (Fsp3) is 0.286. The minimum atomic E-state index is -0.820. The Hall–Kier alpha value is -3.69. The number of amides is 2. The fourth-order valence-corrected chi connectivity index (χ4v) is 3.61. The van der Waals surface area contributed by atoms with Crippen molar-refractivity contribution in [2.24, 2.45) is 0 Å². The first kappa shape index (κ1) is 20.6. The maximum atomic E-state index is 14.0. The highest BCUT2D eigenvalue weighted by molar-refractivity contribution is 6.39. The SMILES string of the molecule is COc1c(F)cc(N2CCN(C(=O)C(=O)Nc3ccc4c(c3)OC(=O)C4)CC2)cc1F. The van der Waals surface area contributed by atoms with Crippen molar-refractivity contribution in [2.75, 3.05) is 43.5 Å². The zero-order valence-corrected chi connectivity index (χ0v) is 16.6. The predicted molar refractivity (Wildman–Crippen MR) is 106 cm³/mol. The summed E-state index contributed by atoms with van der Waals surface area (Å²) in [4.78, 5) is 39.3. The van der Waals surface area contributed by atoms with Crippen LogP contribution < -0.4 is 19.7 Å². The van der Waals surface area contributed by atoms with Gasteiger partial charge in [-0.15, -0.1) is 0 Å². The summed E-state index contributed by atoms with van der Waals surface area (Å²) in [7, 11) is 1.19. The molecule has 0 aromatic heterocycles. The molecule has 2 aliphatic rings. The number of methoxy groups -OCH3 is 1. The number of hydrogen-bond acceptors (Lipinski definition) is 6. The summed E-state index contributed by atoms with van der Waals surface area (Å²) in [5.74, 6) is -3.61. The average Bonchev–Trinajstić information content (AvgIpc) is 3.12. The van der Waals surface area contributed by atoms with Crippen molar-refractivity contribution in [2.45, 2.75) is 6.42 Å². The summed E-state index contributed by atoms with van der Waals surface area (Å²) < 4.78 is 37.6. The van der Waals surface area contributed by atoms with Gasteiger partial charge in [-0.3, -0.25) is 14.4 Å². The molecule has 0 bridgehead atoms. The van der Waals surface area contributed by atoms with Gasteiger partial charge in [0.25, 0.3) is 0 Å². The highest BCUT2D eigenvalue weighted by atomic mass is 19.1. The molecule has 2 aliphatic heterocycles. The van der Waals surface area contributed by atoms with Gasteiger partial charge >= 0.3 is 17.8 Å². The van der Waals surface area contributed by atoms with Crippen molar-refractivity contribution in [1.82, 2.24) is 4.90 Å². The van der Waals surface area contributed by atoms with E-state index in [0.717, 1.165) is 5.56 Å². The summed E-state index contributed by atoms with van der Waals surface area (Å²) in [5.41, 5.74) is 1.39. The standard InChI is InChI=1S/C21H19F2N3O5/c1-30-19-15(22)10-14(11-16(19)23)25-4-6-26(7-5-25)21(29)20(28)24-13-3-2-12-8-18(27)31-17(12)9-13/h2-3,9-11H,4-8H2,1H3,(H,24,28). The third-order valence-corrected chi connectivity index (χ3v) is 5.20. The minimum absolute atomic E-state index is 0.175. The molecule has 1 N–H and O–H groups in total. The molecule has 2 heterocycles. The van der Waals surface area contributed by atoms with Gasteiger partial charge in [0.2, 0.25) is 0 Å². The number of carbonyl (C=O) groups excluding carboxylic acids is 3. The lowest BCUT2D eigenvalue weighted by atomic mass is 10.1. The predicted octanol–water partition coefficient (Wildman–Crippen LogP) is 1.72. The van der Waals surface area contributed by atoms with Crippen LogP contribution in [0.5, 0.6) is 11.5 Å². The Labute approximate surface area is 176 Å². The lowest BCUT2D eigenvalue weighted by molar-refractivity contribution is -0.143. The zero-order valence-electron chi connectivity index (χ0n) is 16.6. The smallest absolute Gasteiger partial charge is 0.315 e. The molecule has 2 aromatic carbocycles. The van der Waals surface area contributed by atoms with Gasteiger partial charge in [-0.25, -0.2) is 8.78 Å². The van der Waals surface area contributed by atoms with Crippen molar-refractivity contribution >= 4 is 29.2 Å². The molecule has 0 aliphatic carbocycles. The van der Waals surface area contributed by atoms with Gasteiger partial charge in [0.05, 0.1) is 13.5 Å². The average molecular weight is 431 g/mol. The van der Waals surface area contributed by atoms with Crippen LogP contribution in [-0.2, 0) is 20.8 Å². The van der Waals surface area contributed by atoms with Crippen LogP contribution >= 0.6 is 0 Å². The molecule has 0 saturated carbocycles. The van der Waals surface area contributed by atoms with Gasteiger partial charge in [0.15, 0.2) is 17.4 Å². The van der Waals surface area contributed by atoms with Gasteiger partial charge in [0.1, 0.15) is 5.75 Å². The first-order chi connectivity index (χ1) is 14.9. The number of carbonyl (C=O) groups is 3. The molecule has 1 fully saturated rings. The number of ether oxygens (including phenoxy) is 2. The normalized spacial score (nSPS) is 15.4. The lowest BCUT2D eigenvalue weighted by Crippen LogP contribution is -2.51. The Balaban J connectivity index is 1.35. The molecule has 2 aromatic rings. The van der Waals surface area contributed by atoms with Gasteiger partial charge in [-0.2, -0.15) is 0 Å². The van der Waals surface area contributed by atoms with Crippen LogP contribution in [0.4, 0.5) is 20.2 Å². The van der Waals surface area contributed by atoms with Crippen LogP contribution in [0, 0.1) is 11.6 Å². The molecule has 31 heavy (non-hydrogen) atoms. The number of halogens is 2. The maximum absolute atomic E-state index is 14.0. The summed E-state index contributed by atoms with van der Waals surface area (Å²) in [5, 5.41) is 2.51. The molecule has 4 rings (SSSR count). The highest BCUT2D eigenvalue weighted by Gasteiger charge is 2.28. The molecule has 0 unspecified atom stereocenters. The summed E-state index contributed by atoms with van der Waals surface area (Å²) in [6.45, 7) is 1.03. The van der Waals surface area contributed by atoms with Crippen molar-refractivity contribution in [1.29, 1.82) is 0 Å². The van der Waals surface area contributed by atoms with Gasteiger partial charge in [0, 0.05) is 61.3 Å². The number of anilines is 2. The third-order valence-electron chi connectivity index (χ3n) is 5.20. The largest absolute Gasteiger partial charge is 0.491 e. The topological polar surface area (TPSA) is 88.2 Å². The molecule has 2 amide bonds. The monoisotopic (exact) mass is 431 g/mol. The van der Waals surface area contributed by atoms with E-state index in [4.69, 9.17) is 4.74 Å². The number of nitrogens with zero attached hydrogens (tertiary/aromatic N) is 2. The van der Waals surface area contributed by atoms with Crippen molar-refractivity contribution in [3.8, 4) is 11.5 Å². The van der Waals surface area contributed by atoms with E-state index in [9.17, 15) is 23.2 Å². The molecule has 8 nitrogen and oxygen atoms in total. The van der Waals surface area contributed by atoms with Crippen LogP contribution in [0.3, 0.4) is 0 Å². The second-order valence-corrected chi connectivity index (χ2v) is 7.15. The third kappa shape index (κ3) is 4.14. The number of piperazine rings is 1. The molecular formula is C21H19F2N3O5. The summed E-state index contributed by atoms with van der Waals surface area (Å²) in [6, 6.07) is 7.10. The highest BCUT2D eigenvalue weighted by Crippen LogP contribution is 2.30. The van der Waals surface area contributed by atoms with Crippen LogP contribution in [0.15, 0.2) is 30.3 Å². The molecular weight excluding hydrogens is 412 g/mol. The number of benzene rings is 2. The Morgan fingerprint density at radius 1 is 1.06 bits per heavy atom. The molecule has 0 radical (unpaired) electrons. The Morgan fingerprint density at radius 3 is 2.39 bits per heavy atom. The van der Waals surface area contributed by atoms with Gasteiger partial charge in [-0.1, -0.05) is 6.07 Å². The quantitative estimate of drug-likeness (QED) is 0.452. The van der Waals surface area contributed by atoms with Crippen molar-refractivity contribution < 1.29 is 32.6 Å². The second kappa shape index (κ2) is 8.21. The van der Waals surface area contributed by atoms with E-state index in [-0.39, 0.29) is 25.5 Å². The van der Waals surface area contributed by atoms with E-state index >= 15 is 0 Å². The summed E-state index contributed by atoms with van der Waals surface area (Å²) in [6.07, 6.45) is 0.175. The van der Waals surface area contributed by atoms with E-state index in [0.29, 0.717) is 30.2 Å². The van der Waals surface area contributed by atoms with E-state index < -0.39 is 29.2 Å². The Morgan fingerprint density at radius 2 is 1.74 bits per heavy atom. The van der Waals surface area contributed by atoms with Gasteiger partial charge in [-0.05, 0) is 6.07 Å². The lowest BCUT2D eigenvalue weighted by Gasteiger charge is -2.35. The molecule has 162 valence electrons. The number of fused-ring (bicyclic) bond motifs is 1. The van der Waals surface area contributed by atoms with E-state index in [1.54, 1.807) is 17.0 Å². The van der Waals surface area contributed by atoms with Crippen molar-refractivity contribution in [3.05, 3.63) is 47.5 Å².